The highest BCUT2D eigenvalue weighted by molar-refractivity contribution is 6.34. The van der Waals surface area contributed by atoms with Gasteiger partial charge in [0.05, 0.1) is 11.6 Å². The summed E-state index contributed by atoms with van der Waals surface area (Å²) in [7, 11) is 0. The number of anilines is 1. The quantitative estimate of drug-likeness (QED) is 0.826. The lowest BCUT2D eigenvalue weighted by Crippen LogP contribution is -2.33. The van der Waals surface area contributed by atoms with Gasteiger partial charge in [-0.05, 0) is 37.8 Å². The summed E-state index contributed by atoms with van der Waals surface area (Å²) >= 11 is 11.9. The molecule has 102 valence electrons. The van der Waals surface area contributed by atoms with Crippen molar-refractivity contribution >= 4 is 34.8 Å². The summed E-state index contributed by atoms with van der Waals surface area (Å²) in [5.41, 5.74) is 1.40. The zero-order chi connectivity index (χ0) is 13.6. The predicted molar refractivity (Wildman–Crippen MR) is 75.7 cm³/mol. The fourth-order valence-electron chi connectivity index (χ4n) is 3.08. The van der Waals surface area contributed by atoms with Crippen molar-refractivity contribution in [2.24, 2.45) is 5.92 Å². The lowest BCUT2D eigenvalue weighted by molar-refractivity contribution is -0.120. The normalized spacial score (nSPS) is 28.7. The highest BCUT2D eigenvalue weighted by atomic mass is 35.5. The van der Waals surface area contributed by atoms with Gasteiger partial charge >= 0.3 is 0 Å². The van der Waals surface area contributed by atoms with Gasteiger partial charge in [-0.1, -0.05) is 23.2 Å². The van der Waals surface area contributed by atoms with Crippen LogP contribution >= 0.6 is 23.2 Å². The van der Waals surface area contributed by atoms with E-state index in [4.69, 9.17) is 23.2 Å². The number of carbonyl (C=O) groups excluding carboxylic acids is 1. The van der Waals surface area contributed by atoms with Crippen LogP contribution in [0.4, 0.5) is 5.69 Å². The van der Waals surface area contributed by atoms with Gasteiger partial charge in [0, 0.05) is 12.1 Å². The van der Waals surface area contributed by atoms with Crippen LogP contribution < -0.4 is 10.6 Å². The van der Waals surface area contributed by atoms with E-state index in [0.717, 1.165) is 18.4 Å². The van der Waals surface area contributed by atoms with E-state index in [1.807, 2.05) is 6.92 Å². The number of rotatable bonds is 2. The number of hydrogen-bond acceptors (Lipinski definition) is 3. The van der Waals surface area contributed by atoms with Gasteiger partial charge in [-0.3, -0.25) is 4.79 Å². The summed E-state index contributed by atoms with van der Waals surface area (Å²) in [6, 6.07) is 2.51. The summed E-state index contributed by atoms with van der Waals surface area (Å²) in [4.78, 5) is 16.3. The van der Waals surface area contributed by atoms with Crippen molar-refractivity contribution in [3.8, 4) is 0 Å². The fourth-order valence-corrected chi connectivity index (χ4v) is 3.65. The molecule has 2 aliphatic heterocycles. The highest BCUT2D eigenvalue weighted by Gasteiger charge is 2.42. The Kier molecular flexibility index (Phi) is 3.41. The second-order valence-electron chi connectivity index (χ2n) is 5.31. The van der Waals surface area contributed by atoms with E-state index < -0.39 is 0 Å². The Hall–Kier alpha value is -0.840. The summed E-state index contributed by atoms with van der Waals surface area (Å²) < 4.78 is 0. The largest absolute Gasteiger partial charge is 0.323 e. The molecule has 0 aliphatic carbocycles. The van der Waals surface area contributed by atoms with Gasteiger partial charge in [-0.2, -0.15) is 0 Å². The first-order chi connectivity index (χ1) is 9.04. The summed E-state index contributed by atoms with van der Waals surface area (Å²) in [6.45, 7) is 1.86. The SMILES string of the molecule is Cc1cc(Cl)nc(Cl)c1NC(=O)C1CC2CCC1N2. The minimum atomic E-state index is 0.0221. The Morgan fingerprint density at radius 2 is 2.26 bits per heavy atom. The van der Waals surface area contributed by atoms with Crippen LogP contribution in [0.2, 0.25) is 10.3 Å². The Bertz CT molecular complexity index is 512. The van der Waals surface area contributed by atoms with Crippen LogP contribution in [0, 0.1) is 12.8 Å². The monoisotopic (exact) mass is 299 g/mol. The first-order valence-corrected chi connectivity index (χ1v) is 7.19. The van der Waals surface area contributed by atoms with Crippen molar-refractivity contribution in [1.82, 2.24) is 10.3 Å². The third-order valence-corrected chi connectivity index (χ3v) is 4.49. The van der Waals surface area contributed by atoms with Crippen molar-refractivity contribution in [2.75, 3.05) is 5.32 Å². The number of carbonyl (C=O) groups is 1. The molecule has 0 spiro atoms. The van der Waals surface area contributed by atoms with Crippen molar-refractivity contribution < 1.29 is 4.79 Å². The third kappa shape index (κ3) is 2.45. The first kappa shape index (κ1) is 13.2. The zero-order valence-electron chi connectivity index (χ0n) is 10.5. The number of halogens is 2. The summed E-state index contributed by atoms with van der Waals surface area (Å²) in [6.07, 6.45) is 3.17. The molecule has 2 saturated heterocycles. The van der Waals surface area contributed by atoms with Gasteiger partial charge < -0.3 is 10.6 Å². The molecule has 1 amide bonds. The van der Waals surface area contributed by atoms with E-state index in [-0.39, 0.29) is 17.0 Å². The Balaban J connectivity index is 1.77. The molecule has 4 nitrogen and oxygen atoms in total. The number of pyridine rings is 1. The minimum absolute atomic E-state index is 0.0221. The molecule has 0 radical (unpaired) electrons. The average Bonchev–Trinajstić information content (AvgIpc) is 2.95. The molecule has 1 aromatic rings. The molecule has 0 aromatic carbocycles. The smallest absolute Gasteiger partial charge is 0.229 e. The van der Waals surface area contributed by atoms with Crippen LogP contribution in [0.25, 0.3) is 0 Å². The van der Waals surface area contributed by atoms with Crippen LogP contribution in [-0.2, 0) is 4.79 Å². The molecule has 6 heteroatoms. The Morgan fingerprint density at radius 3 is 2.84 bits per heavy atom. The third-order valence-electron chi connectivity index (χ3n) is 4.03. The standard InChI is InChI=1S/C13H15Cl2N3O/c1-6-4-10(14)17-12(15)11(6)18-13(19)8-5-7-2-3-9(8)16-7/h4,7-9,16H,2-3,5H2,1H3,(H,18,19). The maximum absolute atomic E-state index is 12.3. The molecule has 3 heterocycles. The van der Waals surface area contributed by atoms with Gasteiger partial charge in [0.25, 0.3) is 0 Å². The van der Waals surface area contributed by atoms with Crippen molar-refractivity contribution in [2.45, 2.75) is 38.3 Å². The van der Waals surface area contributed by atoms with E-state index >= 15 is 0 Å². The van der Waals surface area contributed by atoms with Crippen LogP contribution in [0.5, 0.6) is 0 Å². The second-order valence-corrected chi connectivity index (χ2v) is 6.05. The van der Waals surface area contributed by atoms with Crippen LogP contribution in [0.15, 0.2) is 6.07 Å². The highest BCUT2D eigenvalue weighted by Crippen LogP contribution is 2.35. The van der Waals surface area contributed by atoms with E-state index in [0.29, 0.717) is 22.9 Å². The van der Waals surface area contributed by atoms with Crippen LogP contribution in [0.3, 0.4) is 0 Å². The summed E-state index contributed by atoms with van der Waals surface area (Å²) in [5.74, 6) is 0.0544. The number of amides is 1. The molecule has 3 atom stereocenters. The molecule has 3 rings (SSSR count). The van der Waals surface area contributed by atoms with Gasteiger partial charge in [-0.25, -0.2) is 4.98 Å². The molecule has 3 unspecified atom stereocenters. The molecule has 2 bridgehead atoms. The maximum atomic E-state index is 12.3. The lowest BCUT2D eigenvalue weighted by Gasteiger charge is -2.20. The lowest BCUT2D eigenvalue weighted by atomic mass is 9.88. The fraction of sp³-hybridized carbons (Fsp3) is 0.538. The predicted octanol–water partition coefficient (Wildman–Crippen LogP) is 2.78. The molecular formula is C13H15Cl2N3O. The van der Waals surface area contributed by atoms with E-state index in [9.17, 15) is 4.79 Å². The van der Waals surface area contributed by atoms with Gasteiger partial charge in [0.15, 0.2) is 5.15 Å². The van der Waals surface area contributed by atoms with Crippen LogP contribution in [-0.4, -0.2) is 23.0 Å². The molecule has 2 N–H and O–H groups in total. The number of fused-ring (bicyclic) bond motifs is 2. The second kappa shape index (κ2) is 4.93. The molecule has 2 fully saturated rings. The van der Waals surface area contributed by atoms with E-state index in [2.05, 4.69) is 15.6 Å². The number of aryl methyl sites for hydroxylation is 1. The number of hydrogen-bond donors (Lipinski definition) is 2. The van der Waals surface area contributed by atoms with Crippen LogP contribution in [0.1, 0.15) is 24.8 Å². The van der Waals surface area contributed by atoms with Crippen molar-refractivity contribution in [1.29, 1.82) is 0 Å². The van der Waals surface area contributed by atoms with E-state index in [1.54, 1.807) is 6.07 Å². The molecule has 19 heavy (non-hydrogen) atoms. The van der Waals surface area contributed by atoms with E-state index in [1.165, 1.54) is 6.42 Å². The zero-order valence-corrected chi connectivity index (χ0v) is 12.1. The maximum Gasteiger partial charge on any atom is 0.229 e. The first-order valence-electron chi connectivity index (χ1n) is 6.44. The van der Waals surface area contributed by atoms with Gasteiger partial charge in [0.1, 0.15) is 5.15 Å². The van der Waals surface area contributed by atoms with Gasteiger partial charge in [-0.15, -0.1) is 0 Å². The van der Waals surface area contributed by atoms with Crippen molar-refractivity contribution in [3.63, 3.8) is 0 Å². The number of nitrogens with zero attached hydrogens (tertiary/aromatic N) is 1. The Morgan fingerprint density at radius 1 is 1.47 bits per heavy atom. The Labute approximate surface area is 121 Å². The molecule has 2 aliphatic rings. The molecule has 1 aromatic heterocycles. The number of aromatic nitrogens is 1. The molecule has 0 saturated carbocycles. The van der Waals surface area contributed by atoms with Gasteiger partial charge in [0.2, 0.25) is 5.91 Å². The summed E-state index contributed by atoms with van der Waals surface area (Å²) in [5, 5.41) is 6.93. The van der Waals surface area contributed by atoms with Crippen molar-refractivity contribution in [3.05, 3.63) is 21.9 Å². The molecular weight excluding hydrogens is 285 g/mol. The minimum Gasteiger partial charge on any atom is -0.323 e. The average molecular weight is 300 g/mol. The topological polar surface area (TPSA) is 54.0 Å². The number of nitrogens with one attached hydrogen (secondary N) is 2.